The second-order valence-electron chi connectivity index (χ2n) is 4.92. The van der Waals surface area contributed by atoms with Gasteiger partial charge < -0.3 is 4.90 Å². The van der Waals surface area contributed by atoms with E-state index in [-0.39, 0.29) is 0 Å². The van der Waals surface area contributed by atoms with Crippen LogP contribution in [0.5, 0.6) is 0 Å². The molecule has 7 heteroatoms. The number of hydrazine groups is 1. The molecule has 0 saturated carbocycles. The maximum Gasteiger partial charge on any atom is 0.341 e. The van der Waals surface area contributed by atoms with Gasteiger partial charge in [-0.05, 0) is 26.1 Å². The Morgan fingerprint density at radius 2 is 1.75 bits per heavy atom. The minimum absolute atomic E-state index is 0.437. The third-order valence-corrected chi connectivity index (χ3v) is 4.25. The lowest BCUT2D eigenvalue weighted by molar-refractivity contribution is 0.114. The second-order valence-corrected chi connectivity index (χ2v) is 6.13. The lowest BCUT2D eigenvalue weighted by atomic mass is 10.2. The molecule has 1 aliphatic heterocycles. The van der Waals surface area contributed by atoms with Crippen molar-refractivity contribution in [1.29, 1.82) is 0 Å². The van der Waals surface area contributed by atoms with Crippen molar-refractivity contribution >= 4 is 17.0 Å². The topological polar surface area (TPSA) is 64.7 Å². The van der Waals surface area contributed by atoms with Crippen molar-refractivity contribution in [1.82, 2.24) is 20.1 Å². The van der Waals surface area contributed by atoms with Crippen LogP contribution in [-0.2, 0) is 11.0 Å². The molecule has 1 atom stereocenters. The number of aryl methyl sites for hydroxylation is 1. The summed E-state index contributed by atoms with van der Waals surface area (Å²) in [6, 6.07) is 6.80. The van der Waals surface area contributed by atoms with Crippen LogP contribution in [0, 0.1) is 6.92 Å². The summed E-state index contributed by atoms with van der Waals surface area (Å²) >= 11 is 0. The minimum atomic E-state index is -1.53. The Balaban J connectivity index is 1.82. The summed E-state index contributed by atoms with van der Waals surface area (Å²) in [4.78, 5) is 14.6. The number of urea groups is 1. The lowest BCUT2D eigenvalue weighted by Crippen LogP contribution is -2.54. The first-order chi connectivity index (χ1) is 9.54. The van der Waals surface area contributed by atoms with Crippen molar-refractivity contribution in [2.75, 3.05) is 33.2 Å². The molecule has 1 aliphatic rings. The average Bonchev–Trinajstić information content (AvgIpc) is 2.42. The van der Waals surface area contributed by atoms with Crippen LogP contribution in [-0.4, -0.2) is 53.4 Å². The summed E-state index contributed by atoms with van der Waals surface area (Å²) < 4.78 is 14.4. The number of rotatable bonds is 3. The standard InChI is InChI=1S/C13H20N4O2S/c1-11-3-5-12(6-4-11)20(19)15-13(18)14-17-9-7-16(2)8-10-17/h3-6H,7-10H2,1-2H3,(H2,14,15,18). The molecule has 0 aromatic heterocycles. The average molecular weight is 296 g/mol. The molecule has 0 spiro atoms. The fraction of sp³-hybridized carbons (Fsp3) is 0.462. The molecule has 0 bridgehead atoms. The molecule has 2 N–H and O–H groups in total. The number of benzene rings is 1. The highest BCUT2D eigenvalue weighted by Crippen LogP contribution is 2.06. The SMILES string of the molecule is Cc1ccc(S(=O)NC(=O)NN2CCN(C)CC2)cc1. The molecular formula is C13H20N4O2S. The number of hydrogen-bond donors (Lipinski definition) is 2. The van der Waals surface area contributed by atoms with Gasteiger partial charge in [-0.25, -0.2) is 14.0 Å². The smallest absolute Gasteiger partial charge is 0.304 e. The summed E-state index contributed by atoms with van der Waals surface area (Å²) in [7, 11) is 0.513. The predicted octanol–water partition coefficient (Wildman–Crippen LogP) is 0.479. The summed E-state index contributed by atoms with van der Waals surface area (Å²) in [5.41, 5.74) is 3.81. The van der Waals surface area contributed by atoms with Crippen molar-refractivity contribution in [3.8, 4) is 0 Å². The van der Waals surface area contributed by atoms with Gasteiger partial charge in [-0.2, -0.15) is 0 Å². The number of carbonyl (C=O) groups is 1. The van der Waals surface area contributed by atoms with E-state index in [4.69, 9.17) is 0 Å². The molecule has 1 unspecified atom stereocenters. The van der Waals surface area contributed by atoms with E-state index in [2.05, 4.69) is 15.0 Å². The van der Waals surface area contributed by atoms with Crippen LogP contribution in [0.25, 0.3) is 0 Å². The summed E-state index contributed by atoms with van der Waals surface area (Å²) in [6.45, 7) is 5.30. The lowest BCUT2D eigenvalue weighted by Gasteiger charge is -2.32. The van der Waals surface area contributed by atoms with E-state index in [0.29, 0.717) is 4.90 Å². The van der Waals surface area contributed by atoms with Gasteiger partial charge in [0.25, 0.3) is 0 Å². The molecule has 1 aromatic rings. The van der Waals surface area contributed by atoms with Gasteiger partial charge in [-0.1, -0.05) is 17.7 Å². The summed E-state index contributed by atoms with van der Waals surface area (Å²) in [5, 5.41) is 1.83. The van der Waals surface area contributed by atoms with E-state index in [1.165, 1.54) is 0 Å². The van der Waals surface area contributed by atoms with Crippen molar-refractivity contribution in [3.63, 3.8) is 0 Å². The van der Waals surface area contributed by atoms with Gasteiger partial charge in [0.05, 0.1) is 4.90 Å². The maximum absolute atomic E-state index is 12.0. The number of hydrogen-bond acceptors (Lipinski definition) is 4. The van der Waals surface area contributed by atoms with Gasteiger partial charge in [-0.3, -0.25) is 10.1 Å². The van der Waals surface area contributed by atoms with Gasteiger partial charge in [0.1, 0.15) is 0 Å². The van der Waals surface area contributed by atoms with Gasteiger partial charge in [-0.15, -0.1) is 0 Å². The number of piperazine rings is 1. The largest absolute Gasteiger partial charge is 0.341 e. The Morgan fingerprint density at radius 3 is 2.35 bits per heavy atom. The molecule has 1 aromatic carbocycles. The van der Waals surface area contributed by atoms with Gasteiger partial charge >= 0.3 is 6.03 Å². The van der Waals surface area contributed by atoms with Gasteiger partial charge in [0, 0.05) is 26.2 Å². The van der Waals surface area contributed by atoms with Crippen LogP contribution < -0.4 is 10.1 Å². The van der Waals surface area contributed by atoms with Crippen molar-refractivity contribution in [2.45, 2.75) is 11.8 Å². The maximum atomic E-state index is 12.0. The number of nitrogens with zero attached hydrogens (tertiary/aromatic N) is 2. The molecule has 20 heavy (non-hydrogen) atoms. The van der Waals surface area contributed by atoms with Gasteiger partial charge in [0.2, 0.25) is 0 Å². The molecule has 2 rings (SSSR count). The zero-order chi connectivity index (χ0) is 14.5. The Morgan fingerprint density at radius 1 is 1.15 bits per heavy atom. The highest BCUT2D eigenvalue weighted by atomic mass is 32.2. The molecular weight excluding hydrogens is 276 g/mol. The monoisotopic (exact) mass is 296 g/mol. The molecule has 110 valence electrons. The van der Waals surface area contributed by atoms with Gasteiger partial charge in [0.15, 0.2) is 11.0 Å². The third-order valence-electron chi connectivity index (χ3n) is 3.18. The van der Waals surface area contributed by atoms with E-state index >= 15 is 0 Å². The number of likely N-dealkylation sites (N-methyl/N-ethyl adjacent to an activating group) is 1. The van der Waals surface area contributed by atoms with Crippen LogP contribution in [0.4, 0.5) is 4.79 Å². The highest BCUT2D eigenvalue weighted by Gasteiger charge is 2.16. The summed E-state index contributed by atoms with van der Waals surface area (Å²) in [6.07, 6.45) is 0. The van der Waals surface area contributed by atoms with Crippen LogP contribution >= 0.6 is 0 Å². The molecule has 0 radical (unpaired) electrons. The molecule has 1 fully saturated rings. The molecule has 0 aliphatic carbocycles. The second kappa shape index (κ2) is 6.83. The Bertz CT molecular complexity index is 484. The third kappa shape index (κ3) is 4.29. The molecule has 1 saturated heterocycles. The fourth-order valence-electron chi connectivity index (χ4n) is 1.89. The number of carbonyl (C=O) groups excluding carboxylic acids is 1. The Hall–Kier alpha value is -1.44. The molecule has 2 amide bonds. The van der Waals surface area contributed by atoms with Crippen LogP contribution in [0.2, 0.25) is 0 Å². The molecule has 1 heterocycles. The summed E-state index contributed by atoms with van der Waals surface area (Å²) in [5.74, 6) is 0. The van der Waals surface area contributed by atoms with E-state index in [1.807, 2.05) is 31.1 Å². The van der Waals surface area contributed by atoms with Crippen molar-refractivity contribution < 1.29 is 9.00 Å². The van der Waals surface area contributed by atoms with E-state index < -0.39 is 17.0 Å². The van der Waals surface area contributed by atoms with E-state index in [1.54, 1.807) is 12.1 Å². The first-order valence-electron chi connectivity index (χ1n) is 6.54. The molecule has 6 nitrogen and oxygen atoms in total. The van der Waals surface area contributed by atoms with E-state index in [0.717, 1.165) is 31.7 Å². The van der Waals surface area contributed by atoms with E-state index in [9.17, 15) is 9.00 Å². The van der Waals surface area contributed by atoms with Crippen molar-refractivity contribution in [2.24, 2.45) is 0 Å². The number of nitrogens with one attached hydrogen (secondary N) is 2. The highest BCUT2D eigenvalue weighted by molar-refractivity contribution is 7.83. The zero-order valence-electron chi connectivity index (χ0n) is 11.8. The zero-order valence-corrected chi connectivity index (χ0v) is 12.6. The van der Waals surface area contributed by atoms with Crippen molar-refractivity contribution in [3.05, 3.63) is 29.8 Å². The quantitative estimate of drug-likeness (QED) is 0.851. The normalized spacial score (nSPS) is 18.5. The predicted molar refractivity (Wildman–Crippen MR) is 78.3 cm³/mol. The Kier molecular flexibility index (Phi) is 5.11. The Labute approximate surface area is 121 Å². The van der Waals surface area contributed by atoms with Crippen LogP contribution in [0.1, 0.15) is 5.56 Å². The first kappa shape index (κ1) is 15.0. The first-order valence-corrected chi connectivity index (χ1v) is 7.69. The minimum Gasteiger partial charge on any atom is -0.304 e. The number of amides is 2. The fourth-order valence-corrected chi connectivity index (χ4v) is 2.60. The van der Waals surface area contributed by atoms with Crippen LogP contribution in [0.15, 0.2) is 29.2 Å². The van der Waals surface area contributed by atoms with Crippen LogP contribution in [0.3, 0.4) is 0 Å².